The number of carbonyl (C=O) groups excluding carboxylic acids is 2. The van der Waals surface area contributed by atoms with E-state index in [2.05, 4.69) is 20.8 Å². The number of rotatable bonds is 5. The van der Waals surface area contributed by atoms with E-state index in [4.69, 9.17) is 23.8 Å². The number of amides is 2. The Hall–Kier alpha value is -2.19. The maximum absolute atomic E-state index is 12.4. The van der Waals surface area contributed by atoms with Gasteiger partial charge >= 0.3 is 0 Å². The van der Waals surface area contributed by atoms with Crippen molar-refractivity contribution in [2.75, 3.05) is 0 Å². The molecule has 1 aromatic carbocycles. The van der Waals surface area contributed by atoms with Gasteiger partial charge in [0.25, 0.3) is 0 Å². The summed E-state index contributed by atoms with van der Waals surface area (Å²) >= 11 is 11.1. The average Bonchev–Trinajstić information content (AvgIpc) is 2.87. The fraction of sp³-hybridized carbons (Fsp3) is 0.412. The van der Waals surface area contributed by atoms with E-state index in [1.165, 1.54) is 0 Å². The fourth-order valence-electron chi connectivity index (χ4n) is 2.26. The van der Waals surface area contributed by atoms with Crippen LogP contribution in [-0.2, 0) is 16.1 Å². The lowest BCUT2D eigenvalue weighted by molar-refractivity contribution is -0.129. The number of aromatic amines is 1. The highest BCUT2D eigenvalue weighted by atomic mass is 35.5. The predicted molar refractivity (Wildman–Crippen MR) is 103 cm³/mol. The molecule has 0 aliphatic rings. The molecule has 0 saturated heterocycles. The van der Waals surface area contributed by atoms with Gasteiger partial charge in [0.2, 0.25) is 11.8 Å². The van der Waals surface area contributed by atoms with Crippen LogP contribution in [0.15, 0.2) is 24.3 Å². The van der Waals surface area contributed by atoms with E-state index >= 15 is 0 Å². The first kappa shape index (κ1) is 20.1. The summed E-state index contributed by atoms with van der Waals surface area (Å²) in [5.74, 6) is -0.0672. The zero-order valence-electron chi connectivity index (χ0n) is 15.1. The number of hydrogen-bond donors (Lipinski definition) is 3. The second-order valence-corrected chi connectivity index (χ2v) is 7.80. The van der Waals surface area contributed by atoms with Crippen molar-refractivity contribution in [3.63, 3.8) is 0 Å². The zero-order chi connectivity index (χ0) is 19.5. The van der Waals surface area contributed by atoms with Crippen LogP contribution in [0, 0.1) is 4.77 Å². The molecular weight excluding hydrogens is 374 g/mol. The summed E-state index contributed by atoms with van der Waals surface area (Å²) in [6, 6.07) is 6.39. The van der Waals surface area contributed by atoms with Crippen LogP contribution in [0.4, 0.5) is 0 Å². The van der Waals surface area contributed by atoms with E-state index in [9.17, 15) is 9.59 Å². The van der Waals surface area contributed by atoms with Gasteiger partial charge in [0.1, 0.15) is 12.6 Å². The van der Waals surface area contributed by atoms with Crippen LogP contribution in [0.2, 0.25) is 5.02 Å². The van der Waals surface area contributed by atoms with Crippen LogP contribution in [0.1, 0.15) is 27.7 Å². The van der Waals surface area contributed by atoms with E-state index in [0.29, 0.717) is 15.6 Å². The Morgan fingerprint density at radius 1 is 1.31 bits per heavy atom. The Morgan fingerprint density at radius 3 is 2.50 bits per heavy atom. The van der Waals surface area contributed by atoms with Crippen LogP contribution in [0.3, 0.4) is 0 Å². The second kappa shape index (κ2) is 8.01. The van der Waals surface area contributed by atoms with Crippen molar-refractivity contribution in [1.82, 2.24) is 25.4 Å². The van der Waals surface area contributed by atoms with E-state index in [1.807, 2.05) is 20.8 Å². The normalized spacial score (nSPS) is 12.5. The number of benzene rings is 1. The largest absolute Gasteiger partial charge is 0.350 e. The molecule has 0 radical (unpaired) electrons. The molecule has 2 aromatic rings. The van der Waals surface area contributed by atoms with Gasteiger partial charge in [0.05, 0.1) is 0 Å². The Balaban J connectivity index is 2.10. The minimum absolute atomic E-state index is 0.0551. The third-order valence-corrected chi connectivity index (χ3v) is 4.00. The van der Waals surface area contributed by atoms with Gasteiger partial charge in [-0.15, -0.1) is 0 Å². The molecule has 1 heterocycles. The summed E-state index contributed by atoms with van der Waals surface area (Å²) < 4.78 is 1.89. The monoisotopic (exact) mass is 395 g/mol. The van der Waals surface area contributed by atoms with Gasteiger partial charge in [-0.1, -0.05) is 11.6 Å². The van der Waals surface area contributed by atoms with Gasteiger partial charge in [-0.3, -0.25) is 19.3 Å². The van der Waals surface area contributed by atoms with Crippen LogP contribution in [0.25, 0.3) is 11.4 Å². The zero-order valence-corrected chi connectivity index (χ0v) is 16.7. The molecule has 2 rings (SSSR count). The third kappa shape index (κ3) is 5.40. The third-order valence-electron chi connectivity index (χ3n) is 3.43. The fourth-order valence-corrected chi connectivity index (χ4v) is 2.58. The van der Waals surface area contributed by atoms with E-state index in [1.54, 1.807) is 35.8 Å². The Kier molecular flexibility index (Phi) is 6.20. The maximum atomic E-state index is 12.4. The summed E-state index contributed by atoms with van der Waals surface area (Å²) in [5.41, 5.74) is 0.401. The minimum atomic E-state index is -0.665. The molecule has 3 N–H and O–H groups in total. The molecule has 0 bridgehead atoms. The molecular formula is C17H22ClN5O2S. The van der Waals surface area contributed by atoms with Gasteiger partial charge in [0, 0.05) is 16.1 Å². The van der Waals surface area contributed by atoms with Crippen molar-refractivity contribution in [2.24, 2.45) is 0 Å². The number of nitrogens with one attached hydrogen (secondary N) is 3. The first-order valence-corrected chi connectivity index (χ1v) is 8.88. The highest BCUT2D eigenvalue weighted by molar-refractivity contribution is 7.71. The standard InChI is InChI=1S/C17H22ClN5O2S/c1-10(15(25)20-17(2,3)4)19-13(24)9-23-14(21-22-16(23)26)11-5-7-12(18)8-6-11/h5-8,10H,9H2,1-4H3,(H,19,24)(H,20,25)(H,22,26). The molecule has 26 heavy (non-hydrogen) atoms. The number of nitrogens with zero attached hydrogens (tertiary/aromatic N) is 2. The number of carbonyl (C=O) groups is 2. The smallest absolute Gasteiger partial charge is 0.242 e. The topological polar surface area (TPSA) is 91.8 Å². The van der Waals surface area contributed by atoms with E-state index < -0.39 is 6.04 Å². The molecule has 0 aliphatic heterocycles. The lowest BCUT2D eigenvalue weighted by Gasteiger charge is -2.23. The Labute approximate surface area is 162 Å². The molecule has 0 fully saturated rings. The number of aromatic nitrogens is 3. The highest BCUT2D eigenvalue weighted by Crippen LogP contribution is 2.19. The van der Waals surface area contributed by atoms with Gasteiger partial charge in [-0.2, -0.15) is 5.10 Å². The summed E-state index contributed by atoms with van der Waals surface area (Å²) in [6.07, 6.45) is 0. The van der Waals surface area contributed by atoms with Gasteiger partial charge < -0.3 is 10.6 Å². The average molecular weight is 396 g/mol. The molecule has 9 heteroatoms. The Bertz CT molecular complexity index is 851. The predicted octanol–water partition coefficient (Wildman–Crippen LogP) is 2.68. The number of hydrogen-bond acceptors (Lipinski definition) is 4. The van der Waals surface area contributed by atoms with Crippen LogP contribution < -0.4 is 10.6 Å². The SMILES string of the molecule is CC(NC(=O)Cn1c(-c2ccc(Cl)cc2)n[nH]c1=S)C(=O)NC(C)(C)C. The molecule has 1 aromatic heterocycles. The van der Waals surface area contributed by atoms with Crippen LogP contribution in [0.5, 0.6) is 0 Å². The van der Waals surface area contributed by atoms with Crippen molar-refractivity contribution >= 4 is 35.6 Å². The summed E-state index contributed by atoms with van der Waals surface area (Å²) in [6.45, 7) is 7.21. The van der Waals surface area contributed by atoms with Crippen molar-refractivity contribution < 1.29 is 9.59 Å². The summed E-state index contributed by atoms with van der Waals surface area (Å²) in [4.78, 5) is 24.5. The molecule has 2 amide bonds. The molecule has 7 nitrogen and oxygen atoms in total. The highest BCUT2D eigenvalue weighted by Gasteiger charge is 2.21. The first-order valence-electron chi connectivity index (χ1n) is 8.09. The van der Waals surface area contributed by atoms with Crippen LogP contribution in [-0.4, -0.2) is 38.2 Å². The molecule has 1 atom stereocenters. The first-order chi connectivity index (χ1) is 12.1. The Morgan fingerprint density at radius 2 is 1.92 bits per heavy atom. The molecule has 0 spiro atoms. The van der Waals surface area contributed by atoms with Crippen molar-refractivity contribution in [3.05, 3.63) is 34.1 Å². The number of H-pyrrole nitrogens is 1. The lowest BCUT2D eigenvalue weighted by Crippen LogP contribution is -2.51. The second-order valence-electron chi connectivity index (χ2n) is 6.97. The van der Waals surface area contributed by atoms with Crippen LogP contribution >= 0.6 is 23.8 Å². The molecule has 140 valence electrons. The lowest BCUT2D eigenvalue weighted by atomic mass is 10.1. The minimum Gasteiger partial charge on any atom is -0.350 e. The van der Waals surface area contributed by atoms with Gasteiger partial charge in [-0.05, 0) is 64.2 Å². The van der Waals surface area contributed by atoms with Gasteiger partial charge in [-0.25, -0.2) is 0 Å². The molecule has 0 aliphatic carbocycles. The van der Waals surface area contributed by atoms with E-state index in [-0.39, 0.29) is 23.9 Å². The van der Waals surface area contributed by atoms with Crippen molar-refractivity contribution in [1.29, 1.82) is 0 Å². The quantitative estimate of drug-likeness (QED) is 0.678. The summed E-state index contributed by atoms with van der Waals surface area (Å²) in [7, 11) is 0. The van der Waals surface area contributed by atoms with Crippen molar-refractivity contribution in [2.45, 2.75) is 45.8 Å². The maximum Gasteiger partial charge on any atom is 0.242 e. The molecule has 1 unspecified atom stereocenters. The van der Waals surface area contributed by atoms with Gasteiger partial charge in [0.15, 0.2) is 10.6 Å². The van der Waals surface area contributed by atoms with E-state index in [0.717, 1.165) is 5.56 Å². The molecule has 0 saturated carbocycles. The van der Waals surface area contributed by atoms with Crippen molar-refractivity contribution in [3.8, 4) is 11.4 Å². The number of halogens is 1. The summed E-state index contributed by atoms with van der Waals surface area (Å²) in [5, 5.41) is 13.0.